The molecule has 1 heterocycles. The molecule has 0 unspecified atom stereocenters. The van der Waals surface area contributed by atoms with Crippen LogP contribution in [-0.4, -0.2) is 16.7 Å². The van der Waals surface area contributed by atoms with Gasteiger partial charge < -0.3 is 4.74 Å². The maximum absolute atomic E-state index is 11.9. The third kappa shape index (κ3) is 2.57. The van der Waals surface area contributed by atoms with Crippen molar-refractivity contribution < 1.29 is 4.74 Å². The molecular formula is C12H10BrClN2O2. The largest absolute Gasteiger partial charge is 0.496 e. The Kier molecular flexibility index (Phi) is 4.04. The SMILES string of the molecule is COc1ccccc1Cn1cnc(Cl)c(Br)c1=O. The van der Waals surface area contributed by atoms with Gasteiger partial charge in [-0.1, -0.05) is 29.8 Å². The maximum atomic E-state index is 11.9. The van der Waals surface area contributed by atoms with Crippen molar-refractivity contribution in [2.75, 3.05) is 7.11 Å². The van der Waals surface area contributed by atoms with E-state index >= 15 is 0 Å². The van der Waals surface area contributed by atoms with E-state index in [2.05, 4.69) is 20.9 Å². The lowest BCUT2D eigenvalue weighted by Crippen LogP contribution is -2.22. The molecule has 2 rings (SSSR count). The summed E-state index contributed by atoms with van der Waals surface area (Å²) >= 11 is 8.87. The standard InChI is InChI=1S/C12H10BrClN2O2/c1-18-9-5-3-2-4-8(9)6-16-7-15-11(14)10(13)12(16)17/h2-5,7H,6H2,1H3. The van der Waals surface area contributed by atoms with Crippen molar-refractivity contribution >= 4 is 27.5 Å². The van der Waals surface area contributed by atoms with Gasteiger partial charge >= 0.3 is 0 Å². The minimum atomic E-state index is -0.221. The number of aromatic nitrogens is 2. The molecule has 1 aromatic heterocycles. The maximum Gasteiger partial charge on any atom is 0.269 e. The number of methoxy groups -OCH3 is 1. The van der Waals surface area contributed by atoms with E-state index in [4.69, 9.17) is 16.3 Å². The predicted octanol–water partition coefficient (Wildman–Crippen LogP) is 2.72. The van der Waals surface area contributed by atoms with Crippen molar-refractivity contribution in [2.45, 2.75) is 6.54 Å². The molecule has 0 saturated heterocycles. The Hall–Kier alpha value is -1.33. The summed E-state index contributed by atoms with van der Waals surface area (Å²) in [6.07, 6.45) is 1.42. The molecule has 0 radical (unpaired) electrons. The Morgan fingerprint density at radius 1 is 1.44 bits per heavy atom. The van der Waals surface area contributed by atoms with Crippen molar-refractivity contribution in [3.05, 3.63) is 56.1 Å². The van der Waals surface area contributed by atoms with E-state index in [1.54, 1.807) is 7.11 Å². The van der Waals surface area contributed by atoms with Gasteiger partial charge in [0.15, 0.2) is 5.15 Å². The number of halogens is 2. The molecule has 18 heavy (non-hydrogen) atoms. The van der Waals surface area contributed by atoms with Crippen LogP contribution in [0.2, 0.25) is 5.15 Å². The van der Waals surface area contributed by atoms with Crippen LogP contribution in [0, 0.1) is 0 Å². The van der Waals surface area contributed by atoms with Crippen LogP contribution in [-0.2, 0) is 6.54 Å². The van der Waals surface area contributed by atoms with E-state index in [0.29, 0.717) is 6.54 Å². The second-order valence-corrected chi connectivity index (χ2v) is 4.75. The third-order valence-corrected chi connectivity index (χ3v) is 3.70. The molecule has 0 bridgehead atoms. The number of nitrogens with zero attached hydrogens (tertiary/aromatic N) is 2. The highest BCUT2D eigenvalue weighted by Crippen LogP contribution is 2.19. The summed E-state index contributed by atoms with van der Waals surface area (Å²) in [6.45, 7) is 0.381. The van der Waals surface area contributed by atoms with E-state index in [9.17, 15) is 4.79 Å². The molecular weight excluding hydrogens is 320 g/mol. The molecule has 1 aromatic carbocycles. The molecule has 2 aromatic rings. The van der Waals surface area contributed by atoms with E-state index in [-0.39, 0.29) is 15.2 Å². The Morgan fingerprint density at radius 3 is 2.89 bits per heavy atom. The van der Waals surface area contributed by atoms with Gasteiger partial charge in [0.25, 0.3) is 5.56 Å². The van der Waals surface area contributed by atoms with Gasteiger partial charge in [-0.3, -0.25) is 9.36 Å². The number of para-hydroxylation sites is 1. The molecule has 0 aliphatic rings. The average molecular weight is 330 g/mol. The third-order valence-electron chi connectivity index (χ3n) is 2.47. The fourth-order valence-corrected chi connectivity index (χ4v) is 2.03. The molecule has 6 heteroatoms. The van der Waals surface area contributed by atoms with Gasteiger partial charge in [0.2, 0.25) is 0 Å². The van der Waals surface area contributed by atoms with Gasteiger partial charge in [-0.05, 0) is 22.0 Å². The normalized spacial score (nSPS) is 10.4. The molecule has 0 aliphatic heterocycles. The fraction of sp³-hybridized carbons (Fsp3) is 0.167. The lowest BCUT2D eigenvalue weighted by molar-refractivity contribution is 0.408. The first-order valence-corrected chi connectivity index (χ1v) is 6.33. The van der Waals surface area contributed by atoms with Crippen LogP contribution < -0.4 is 10.3 Å². The van der Waals surface area contributed by atoms with Gasteiger partial charge in [0.1, 0.15) is 10.2 Å². The van der Waals surface area contributed by atoms with E-state index in [1.807, 2.05) is 24.3 Å². The number of hydrogen-bond acceptors (Lipinski definition) is 3. The summed E-state index contributed by atoms with van der Waals surface area (Å²) in [5.41, 5.74) is 0.680. The van der Waals surface area contributed by atoms with E-state index in [1.165, 1.54) is 10.9 Å². The fourth-order valence-electron chi connectivity index (χ4n) is 1.57. The van der Waals surface area contributed by atoms with Crippen LogP contribution in [0.4, 0.5) is 0 Å². The summed E-state index contributed by atoms with van der Waals surface area (Å²) in [6, 6.07) is 7.51. The topological polar surface area (TPSA) is 44.1 Å². The van der Waals surface area contributed by atoms with Crippen LogP contribution in [0.1, 0.15) is 5.56 Å². The van der Waals surface area contributed by atoms with Gasteiger partial charge in [-0.2, -0.15) is 0 Å². The van der Waals surface area contributed by atoms with Crippen molar-refractivity contribution in [1.82, 2.24) is 9.55 Å². The second-order valence-electron chi connectivity index (χ2n) is 3.59. The lowest BCUT2D eigenvalue weighted by atomic mass is 10.2. The van der Waals surface area contributed by atoms with Crippen LogP contribution in [0.3, 0.4) is 0 Å². The molecule has 0 atom stereocenters. The number of rotatable bonds is 3. The summed E-state index contributed by atoms with van der Waals surface area (Å²) in [7, 11) is 1.59. The summed E-state index contributed by atoms with van der Waals surface area (Å²) in [5, 5.41) is 0.163. The number of ether oxygens (including phenoxy) is 1. The highest BCUT2D eigenvalue weighted by molar-refractivity contribution is 9.10. The molecule has 0 spiro atoms. The smallest absolute Gasteiger partial charge is 0.269 e. The first kappa shape index (κ1) is 13.1. The van der Waals surface area contributed by atoms with Gasteiger partial charge in [-0.15, -0.1) is 0 Å². The van der Waals surface area contributed by atoms with Crippen molar-refractivity contribution in [3.8, 4) is 5.75 Å². The lowest BCUT2D eigenvalue weighted by Gasteiger charge is -2.10. The van der Waals surface area contributed by atoms with Crippen molar-refractivity contribution in [3.63, 3.8) is 0 Å². The molecule has 0 amide bonds. The number of benzene rings is 1. The second kappa shape index (κ2) is 5.54. The molecule has 0 fully saturated rings. The Balaban J connectivity index is 2.41. The van der Waals surface area contributed by atoms with E-state index < -0.39 is 0 Å². The molecule has 0 aliphatic carbocycles. The first-order valence-electron chi connectivity index (χ1n) is 5.16. The summed E-state index contributed by atoms with van der Waals surface area (Å²) in [4.78, 5) is 15.9. The summed E-state index contributed by atoms with van der Waals surface area (Å²) < 4.78 is 6.97. The zero-order chi connectivity index (χ0) is 13.1. The Morgan fingerprint density at radius 2 is 2.17 bits per heavy atom. The van der Waals surface area contributed by atoms with Gasteiger partial charge in [-0.25, -0.2) is 4.98 Å². The zero-order valence-corrected chi connectivity index (χ0v) is 11.9. The first-order chi connectivity index (χ1) is 8.63. The van der Waals surface area contributed by atoms with Crippen molar-refractivity contribution in [1.29, 1.82) is 0 Å². The highest BCUT2D eigenvalue weighted by Gasteiger charge is 2.09. The monoisotopic (exact) mass is 328 g/mol. The Labute approximate surface area is 117 Å². The highest BCUT2D eigenvalue weighted by atomic mass is 79.9. The van der Waals surface area contributed by atoms with Gasteiger partial charge in [0, 0.05) is 5.56 Å². The average Bonchev–Trinajstić information content (AvgIpc) is 2.40. The quantitative estimate of drug-likeness (QED) is 0.813. The van der Waals surface area contributed by atoms with Crippen molar-refractivity contribution in [2.24, 2.45) is 0 Å². The minimum Gasteiger partial charge on any atom is -0.496 e. The Bertz CT molecular complexity index is 628. The molecule has 0 saturated carbocycles. The minimum absolute atomic E-state index is 0.163. The van der Waals surface area contributed by atoms with Crippen LogP contribution in [0.5, 0.6) is 5.75 Å². The van der Waals surface area contributed by atoms with Gasteiger partial charge in [0.05, 0.1) is 20.0 Å². The molecule has 4 nitrogen and oxygen atoms in total. The molecule has 94 valence electrons. The zero-order valence-electron chi connectivity index (χ0n) is 9.56. The molecule has 0 N–H and O–H groups in total. The number of hydrogen-bond donors (Lipinski definition) is 0. The van der Waals surface area contributed by atoms with E-state index in [0.717, 1.165) is 11.3 Å². The summed E-state index contributed by atoms with van der Waals surface area (Å²) in [5.74, 6) is 0.732. The van der Waals surface area contributed by atoms with Crippen LogP contribution >= 0.6 is 27.5 Å². The predicted molar refractivity (Wildman–Crippen MR) is 73.3 cm³/mol. The van der Waals surface area contributed by atoms with Crippen LogP contribution in [0.15, 0.2) is 39.9 Å². The van der Waals surface area contributed by atoms with Crippen LogP contribution in [0.25, 0.3) is 0 Å².